The van der Waals surface area contributed by atoms with Gasteiger partial charge in [0.05, 0.1) is 0 Å². The molecular weight excluding hydrogens is 471 g/mol. The van der Waals surface area contributed by atoms with E-state index in [1.54, 1.807) is 0 Å². The lowest BCUT2D eigenvalue weighted by molar-refractivity contribution is 0.157. The summed E-state index contributed by atoms with van der Waals surface area (Å²) in [6.07, 6.45) is 10.0. The van der Waals surface area contributed by atoms with Crippen LogP contribution in [0.1, 0.15) is 90.2 Å². The van der Waals surface area contributed by atoms with E-state index in [4.69, 9.17) is 28.9 Å². The zero-order valence-corrected chi connectivity index (χ0v) is 23.9. The third kappa shape index (κ3) is 6.63. The minimum atomic E-state index is 0.217. The number of benzene rings is 2. The Morgan fingerprint density at radius 3 is 1.43 bits per heavy atom. The molecule has 0 spiro atoms. The molecule has 2 aromatic rings. The first-order chi connectivity index (χ1) is 16.6. The first-order valence-electron chi connectivity index (χ1n) is 13.6. The standard InChI is InChI=1S/C16H24ClN.C15H22ClN/c1-12(2)11-15(18-3)16(9-4-10-16)13-5-7-14(17)8-6-13;1-11(2)10-14(17)15(8-3-9-15)12-4-6-13(16)7-5-12/h5-8,12,15,18H,4,9-11H2,1-3H3;4-7,11,14H,3,8-10,17H2,1-2H3. The van der Waals surface area contributed by atoms with E-state index in [9.17, 15) is 0 Å². The quantitative estimate of drug-likeness (QED) is 0.350. The first-order valence-corrected chi connectivity index (χ1v) is 14.3. The van der Waals surface area contributed by atoms with Crippen LogP contribution in [0.15, 0.2) is 48.5 Å². The normalized spacial score (nSPS) is 19.8. The van der Waals surface area contributed by atoms with Gasteiger partial charge < -0.3 is 11.1 Å². The van der Waals surface area contributed by atoms with Crippen molar-refractivity contribution in [2.45, 2.75) is 102 Å². The Hall–Kier alpha value is -1.06. The highest BCUT2D eigenvalue weighted by Crippen LogP contribution is 2.48. The van der Waals surface area contributed by atoms with Crippen molar-refractivity contribution in [1.29, 1.82) is 0 Å². The summed E-state index contributed by atoms with van der Waals surface area (Å²) in [4.78, 5) is 0. The van der Waals surface area contributed by atoms with Crippen molar-refractivity contribution < 1.29 is 0 Å². The Balaban J connectivity index is 0.000000196. The van der Waals surface area contributed by atoms with Crippen LogP contribution in [0.4, 0.5) is 0 Å². The number of rotatable bonds is 9. The van der Waals surface area contributed by atoms with E-state index in [1.807, 2.05) is 24.3 Å². The minimum Gasteiger partial charge on any atom is -0.327 e. The fourth-order valence-corrected chi connectivity index (χ4v) is 6.47. The largest absolute Gasteiger partial charge is 0.327 e. The molecule has 2 aliphatic rings. The average Bonchev–Trinajstić information content (AvgIpc) is 2.73. The molecule has 0 aromatic heterocycles. The fourth-order valence-electron chi connectivity index (χ4n) is 6.22. The number of halogens is 2. The minimum absolute atomic E-state index is 0.217. The maximum Gasteiger partial charge on any atom is 0.0406 e. The summed E-state index contributed by atoms with van der Waals surface area (Å²) in [5, 5.41) is 5.19. The Morgan fingerprint density at radius 1 is 0.714 bits per heavy atom. The fraction of sp³-hybridized carbons (Fsp3) is 0.613. The molecule has 2 fully saturated rings. The van der Waals surface area contributed by atoms with Crippen LogP contribution in [-0.2, 0) is 10.8 Å². The number of hydrogen-bond acceptors (Lipinski definition) is 2. The Kier molecular flexibility index (Phi) is 10.1. The van der Waals surface area contributed by atoms with Gasteiger partial charge in [0.2, 0.25) is 0 Å². The average molecular weight is 518 g/mol. The first kappa shape index (κ1) is 28.5. The molecule has 35 heavy (non-hydrogen) atoms. The topological polar surface area (TPSA) is 38.0 Å². The lowest BCUT2D eigenvalue weighted by Crippen LogP contribution is -2.52. The van der Waals surface area contributed by atoms with Crippen LogP contribution in [0.5, 0.6) is 0 Å². The predicted octanol–water partition coefficient (Wildman–Crippen LogP) is 8.53. The summed E-state index contributed by atoms with van der Waals surface area (Å²) in [7, 11) is 2.10. The molecule has 0 amide bonds. The number of nitrogens with two attached hydrogens (primary N) is 1. The van der Waals surface area contributed by atoms with Gasteiger partial charge in [-0.15, -0.1) is 0 Å². The van der Waals surface area contributed by atoms with Crippen LogP contribution in [0.3, 0.4) is 0 Å². The SMILES string of the molecule is CC(C)CC(N)C1(c2ccc(Cl)cc2)CCC1.CNC(CC(C)C)C1(c2ccc(Cl)cc2)CCC1. The molecule has 2 atom stereocenters. The third-order valence-electron chi connectivity index (χ3n) is 8.49. The van der Waals surface area contributed by atoms with E-state index < -0.39 is 0 Å². The highest BCUT2D eigenvalue weighted by molar-refractivity contribution is 6.30. The molecule has 2 unspecified atom stereocenters. The van der Waals surface area contributed by atoms with Crippen molar-refractivity contribution in [3.63, 3.8) is 0 Å². The molecule has 2 saturated carbocycles. The van der Waals surface area contributed by atoms with E-state index in [1.165, 1.54) is 56.1 Å². The maximum absolute atomic E-state index is 6.45. The van der Waals surface area contributed by atoms with E-state index in [-0.39, 0.29) is 11.5 Å². The summed E-state index contributed by atoms with van der Waals surface area (Å²) in [5.41, 5.74) is 9.84. The zero-order chi connectivity index (χ0) is 25.6. The van der Waals surface area contributed by atoms with Gasteiger partial charge in [-0.3, -0.25) is 0 Å². The highest BCUT2D eigenvalue weighted by atomic mass is 35.5. The zero-order valence-electron chi connectivity index (χ0n) is 22.4. The van der Waals surface area contributed by atoms with E-state index in [0.29, 0.717) is 17.4 Å². The number of likely N-dealkylation sites (N-methyl/N-ethyl adjacent to an activating group) is 1. The van der Waals surface area contributed by atoms with Crippen molar-refractivity contribution >= 4 is 23.2 Å². The van der Waals surface area contributed by atoms with Gasteiger partial charge in [0.15, 0.2) is 0 Å². The van der Waals surface area contributed by atoms with Crippen LogP contribution in [-0.4, -0.2) is 19.1 Å². The Morgan fingerprint density at radius 2 is 1.11 bits per heavy atom. The van der Waals surface area contributed by atoms with Gasteiger partial charge >= 0.3 is 0 Å². The highest BCUT2D eigenvalue weighted by Gasteiger charge is 2.45. The van der Waals surface area contributed by atoms with Crippen LogP contribution in [0.25, 0.3) is 0 Å². The monoisotopic (exact) mass is 516 g/mol. The van der Waals surface area contributed by atoms with Gasteiger partial charge in [-0.05, 0) is 92.8 Å². The second-order valence-electron chi connectivity index (χ2n) is 11.7. The van der Waals surface area contributed by atoms with Crippen LogP contribution in [0.2, 0.25) is 10.0 Å². The molecule has 4 heteroatoms. The molecule has 0 saturated heterocycles. The van der Waals surface area contributed by atoms with Gasteiger partial charge in [0.1, 0.15) is 0 Å². The van der Waals surface area contributed by atoms with Gasteiger partial charge in [0.25, 0.3) is 0 Å². The lowest BCUT2D eigenvalue weighted by Gasteiger charge is -2.49. The Bertz CT molecular complexity index is 897. The summed E-state index contributed by atoms with van der Waals surface area (Å²) < 4.78 is 0. The molecular formula is C31H46Cl2N2. The van der Waals surface area contributed by atoms with Crippen LogP contribution in [0, 0.1) is 11.8 Å². The molecule has 2 aliphatic carbocycles. The number of nitrogens with one attached hydrogen (secondary N) is 1. The second kappa shape index (κ2) is 12.5. The van der Waals surface area contributed by atoms with Crippen LogP contribution >= 0.6 is 23.2 Å². The Labute approximate surface area is 224 Å². The molecule has 4 rings (SSSR count). The molecule has 0 bridgehead atoms. The van der Waals surface area contributed by atoms with Gasteiger partial charge in [0, 0.05) is 33.0 Å². The van der Waals surface area contributed by atoms with Gasteiger partial charge in [-0.1, -0.05) is 88.0 Å². The summed E-state index contributed by atoms with van der Waals surface area (Å²) >= 11 is 12.0. The molecule has 2 aromatic carbocycles. The van der Waals surface area contributed by atoms with E-state index in [0.717, 1.165) is 22.4 Å². The van der Waals surface area contributed by atoms with E-state index >= 15 is 0 Å². The summed E-state index contributed by atoms with van der Waals surface area (Å²) in [6.45, 7) is 9.10. The van der Waals surface area contributed by atoms with Crippen molar-refractivity contribution in [3.05, 3.63) is 69.7 Å². The van der Waals surface area contributed by atoms with E-state index in [2.05, 4.69) is 64.3 Å². The maximum atomic E-state index is 6.45. The smallest absolute Gasteiger partial charge is 0.0406 e. The van der Waals surface area contributed by atoms with Gasteiger partial charge in [-0.25, -0.2) is 0 Å². The molecule has 0 aliphatic heterocycles. The summed E-state index contributed by atoms with van der Waals surface area (Å²) in [6, 6.07) is 17.6. The van der Waals surface area contributed by atoms with Crippen molar-refractivity contribution in [2.24, 2.45) is 17.6 Å². The number of hydrogen-bond donors (Lipinski definition) is 2. The molecule has 0 heterocycles. The lowest BCUT2D eigenvalue weighted by atomic mass is 9.59. The van der Waals surface area contributed by atoms with Crippen molar-refractivity contribution in [3.8, 4) is 0 Å². The van der Waals surface area contributed by atoms with Crippen molar-refractivity contribution in [1.82, 2.24) is 5.32 Å². The third-order valence-corrected chi connectivity index (χ3v) is 8.99. The van der Waals surface area contributed by atoms with Gasteiger partial charge in [-0.2, -0.15) is 0 Å². The molecule has 194 valence electrons. The second-order valence-corrected chi connectivity index (χ2v) is 12.6. The molecule has 2 nitrogen and oxygen atoms in total. The molecule has 0 radical (unpaired) electrons. The molecule has 3 N–H and O–H groups in total. The van der Waals surface area contributed by atoms with Crippen molar-refractivity contribution in [2.75, 3.05) is 7.05 Å². The summed E-state index contributed by atoms with van der Waals surface area (Å²) in [5.74, 6) is 1.39. The predicted molar refractivity (Wildman–Crippen MR) is 154 cm³/mol. The van der Waals surface area contributed by atoms with Crippen LogP contribution < -0.4 is 11.1 Å².